The van der Waals surface area contributed by atoms with Crippen LogP contribution in [0.4, 0.5) is 0 Å². The lowest BCUT2D eigenvalue weighted by Crippen LogP contribution is -2.39. The molecular formula is C10H16N2O4. The van der Waals surface area contributed by atoms with Gasteiger partial charge in [0.2, 0.25) is 5.91 Å². The number of nitrogens with one attached hydrogen (secondary N) is 1. The van der Waals surface area contributed by atoms with E-state index in [0.29, 0.717) is 12.0 Å². The SMILES string of the molecule is CC/C=C(\C)C(=O)NC(=O)CC(N)C(=O)O. The van der Waals surface area contributed by atoms with Crippen LogP contribution in [0.25, 0.3) is 0 Å². The summed E-state index contributed by atoms with van der Waals surface area (Å²) in [5.41, 5.74) is 5.56. The first-order valence-electron chi connectivity index (χ1n) is 4.87. The standard InChI is InChI=1S/C10H16N2O4/c1-3-4-6(2)9(14)12-8(13)5-7(11)10(15)16/h4,7H,3,5,11H2,1-2H3,(H,15,16)(H,12,13,14)/b6-4+. The second-order valence-corrected chi connectivity index (χ2v) is 3.32. The number of allylic oxidation sites excluding steroid dienone is 1. The van der Waals surface area contributed by atoms with E-state index in [1.165, 1.54) is 0 Å². The first-order valence-corrected chi connectivity index (χ1v) is 4.87. The highest BCUT2D eigenvalue weighted by Crippen LogP contribution is 1.96. The fourth-order valence-corrected chi connectivity index (χ4v) is 0.962. The first kappa shape index (κ1) is 14.3. The first-order chi connectivity index (χ1) is 7.38. The maximum absolute atomic E-state index is 11.3. The molecule has 90 valence electrons. The summed E-state index contributed by atoms with van der Waals surface area (Å²) in [5.74, 6) is -2.49. The number of hydrogen-bond acceptors (Lipinski definition) is 4. The second kappa shape index (κ2) is 6.73. The van der Waals surface area contributed by atoms with Gasteiger partial charge in [0.15, 0.2) is 0 Å². The molecule has 0 aromatic heterocycles. The van der Waals surface area contributed by atoms with Crippen LogP contribution < -0.4 is 11.1 Å². The van der Waals surface area contributed by atoms with Gasteiger partial charge in [-0.3, -0.25) is 19.7 Å². The Balaban J connectivity index is 4.21. The minimum Gasteiger partial charge on any atom is -0.480 e. The van der Waals surface area contributed by atoms with Gasteiger partial charge in [-0.1, -0.05) is 13.0 Å². The summed E-state index contributed by atoms with van der Waals surface area (Å²) < 4.78 is 0. The third-order valence-electron chi connectivity index (χ3n) is 1.84. The van der Waals surface area contributed by atoms with E-state index < -0.39 is 30.2 Å². The molecule has 0 heterocycles. The fourth-order valence-electron chi connectivity index (χ4n) is 0.962. The Bertz CT molecular complexity index is 323. The van der Waals surface area contributed by atoms with Crippen molar-refractivity contribution in [1.29, 1.82) is 0 Å². The Hall–Kier alpha value is -1.69. The van der Waals surface area contributed by atoms with Gasteiger partial charge >= 0.3 is 5.97 Å². The molecule has 16 heavy (non-hydrogen) atoms. The van der Waals surface area contributed by atoms with Gasteiger partial charge in [0, 0.05) is 5.57 Å². The predicted octanol–water partition coefficient (Wildman–Crippen LogP) is -0.212. The Morgan fingerprint density at radius 2 is 2.00 bits per heavy atom. The van der Waals surface area contributed by atoms with E-state index in [0.717, 1.165) is 0 Å². The zero-order valence-corrected chi connectivity index (χ0v) is 9.32. The van der Waals surface area contributed by atoms with Gasteiger partial charge in [-0.05, 0) is 13.3 Å². The van der Waals surface area contributed by atoms with Crippen LogP contribution in [-0.2, 0) is 14.4 Å². The lowest BCUT2D eigenvalue weighted by atomic mass is 10.2. The van der Waals surface area contributed by atoms with Crippen LogP contribution in [0.1, 0.15) is 26.7 Å². The maximum atomic E-state index is 11.3. The molecule has 0 aromatic carbocycles. The van der Waals surface area contributed by atoms with E-state index in [2.05, 4.69) is 5.32 Å². The van der Waals surface area contributed by atoms with Crippen LogP contribution >= 0.6 is 0 Å². The number of aliphatic carboxylic acids is 1. The molecule has 0 bridgehead atoms. The molecule has 0 radical (unpaired) electrons. The molecule has 0 aliphatic heterocycles. The van der Waals surface area contributed by atoms with E-state index in [9.17, 15) is 14.4 Å². The van der Waals surface area contributed by atoms with Crippen LogP contribution in [0.2, 0.25) is 0 Å². The van der Waals surface area contributed by atoms with Crippen LogP contribution in [0, 0.1) is 0 Å². The monoisotopic (exact) mass is 228 g/mol. The number of amides is 2. The molecular weight excluding hydrogens is 212 g/mol. The topological polar surface area (TPSA) is 109 Å². The third kappa shape index (κ3) is 5.26. The molecule has 0 saturated carbocycles. The van der Waals surface area contributed by atoms with Crippen molar-refractivity contribution in [3.63, 3.8) is 0 Å². The number of carboxylic acids is 1. The Kier molecular flexibility index (Phi) is 6.02. The van der Waals surface area contributed by atoms with Crippen molar-refractivity contribution in [3.8, 4) is 0 Å². The average molecular weight is 228 g/mol. The quantitative estimate of drug-likeness (QED) is 0.564. The molecule has 4 N–H and O–H groups in total. The number of carbonyl (C=O) groups excluding carboxylic acids is 2. The number of carboxylic acid groups (broad SMARTS) is 1. The van der Waals surface area contributed by atoms with Crippen molar-refractivity contribution < 1.29 is 19.5 Å². The average Bonchev–Trinajstić information content (AvgIpc) is 2.17. The molecule has 0 saturated heterocycles. The molecule has 0 aliphatic rings. The highest BCUT2D eigenvalue weighted by molar-refractivity contribution is 6.04. The molecule has 1 unspecified atom stereocenters. The molecule has 1 atom stereocenters. The van der Waals surface area contributed by atoms with Gasteiger partial charge in [0.05, 0.1) is 6.42 Å². The van der Waals surface area contributed by atoms with E-state index >= 15 is 0 Å². The maximum Gasteiger partial charge on any atom is 0.321 e. The Morgan fingerprint density at radius 3 is 2.44 bits per heavy atom. The van der Waals surface area contributed by atoms with E-state index in [1.54, 1.807) is 13.0 Å². The molecule has 0 aromatic rings. The van der Waals surface area contributed by atoms with Crippen LogP contribution in [0.3, 0.4) is 0 Å². The van der Waals surface area contributed by atoms with Crippen molar-refractivity contribution in [3.05, 3.63) is 11.6 Å². The summed E-state index contributed by atoms with van der Waals surface area (Å²) in [6, 6.07) is -1.29. The molecule has 0 spiro atoms. The minimum atomic E-state index is -1.29. The number of rotatable bonds is 5. The fraction of sp³-hybridized carbons (Fsp3) is 0.500. The number of imide groups is 1. The summed E-state index contributed by atoms with van der Waals surface area (Å²) in [5, 5.41) is 10.5. The lowest BCUT2D eigenvalue weighted by Gasteiger charge is -2.06. The summed E-state index contributed by atoms with van der Waals surface area (Å²) in [4.78, 5) is 32.8. The van der Waals surface area contributed by atoms with Crippen molar-refractivity contribution >= 4 is 17.8 Å². The van der Waals surface area contributed by atoms with Gasteiger partial charge in [-0.25, -0.2) is 0 Å². The highest BCUT2D eigenvalue weighted by atomic mass is 16.4. The van der Waals surface area contributed by atoms with Gasteiger partial charge in [-0.15, -0.1) is 0 Å². The number of carbonyl (C=O) groups is 3. The number of hydrogen-bond donors (Lipinski definition) is 3. The summed E-state index contributed by atoms with van der Waals surface area (Å²) in [6.45, 7) is 3.43. The number of nitrogens with two attached hydrogens (primary N) is 1. The summed E-state index contributed by atoms with van der Waals surface area (Å²) in [7, 11) is 0. The largest absolute Gasteiger partial charge is 0.480 e. The van der Waals surface area contributed by atoms with E-state index in [1.807, 2.05) is 6.92 Å². The van der Waals surface area contributed by atoms with E-state index in [-0.39, 0.29) is 0 Å². The Labute approximate surface area is 93.5 Å². The van der Waals surface area contributed by atoms with Gasteiger partial charge in [0.25, 0.3) is 5.91 Å². The molecule has 2 amide bonds. The smallest absolute Gasteiger partial charge is 0.321 e. The Morgan fingerprint density at radius 1 is 1.44 bits per heavy atom. The molecule has 6 nitrogen and oxygen atoms in total. The van der Waals surface area contributed by atoms with Crippen molar-refractivity contribution in [2.24, 2.45) is 5.73 Å². The molecule has 0 rings (SSSR count). The normalized spacial score (nSPS) is 13.1. The van der Waals surface area contributed by atoms with Gasteiger partial charge in [-0.2, -0.15) is 0 Å². The van der Waals surface area contributed by atoms with Crippen LogP contribution in [0.15, 0.2) is 11.6 Å². The van der Waals surface area contributed by atoms with Gasteiger partial charge < -0.3 is 10.8 Å². The van der Waals surface area contributed by atoms with Crippen LogP contribution in [0.5, 0.6) is 0 Å². The lowest BCUT2D eigenvalue weighted by molar-refractivity contribution is -0.141. The van der Waals surface area contributed by atoms with E-state index in [4.69, 9.17) is 10.8 Å². The zero-order valence-electron chi connectivity index (χ0n) is 9.32. The van der Waals surface area contributed by atoms with Crippen molar-refractivity contribution in [2.75, 3.05) is 0 Å². The molecule has 0 fully saturated rings. The zero-order chi connectivity index (χ0) is 12.7. The molecule has 6 heteroatoms. The highest BCUT2D eigenvalue weighted by Gasteiger charge is 2.18. The third-order valence-corrected chi connectivity index (χ3v) is 1.84. The summed E-state index contributed by atoms with van der Waals surface area (Å²) >= 11 is 0. The van der Waals surface area contributed by atoms with Crippen molar-refractivity contribution in [2.45, 2.75) is 32.7 Å². The minimum absolute atomic E-state index is 0.416. The predicted molar refractivity (Wildman–Crippen MR) is 57.4 cm³/mol. The van der Waals surface area contributed by atoms with Crippen LogP contribution in [-0.4, -0.2) is 28.9 Å². The van der Waals surface area contributed by atoms with Crippen molar-refractivity contribution in [1.82, 2.24) is 5.32 Å². The van der Waals surface area contributed by atoms with Gasteiger partial charge in [0.1, 0.15) is 6.04 Å². The molecule has 0 aliphatic carbocycles. The second-order valence-electron chi connectivity index (χ2n) is 3.32. The summed E-state index contributed by atoms with van der Waals surface area (Å²) in [6.07, 6.45) is 1.93.